The molecule has 1 aromatic heterocycles. The van der Waals surface area contributed by atoms with Gasteiger partial charge in [0.15, 0.2) is 11.7 Å². The highest BCUT2D eigenvalue weighted by molar-refractivity contribution is 5.90. The van der Waals surface area contributed by atoms with Gasteiger partial charge in [0, 0.05) is 6.42 Å². The van der Waals surface area contributed by atoms with E-state index in [4.69, 9.17) is 11.1 Å². The van der Waals surface area contributed by atoms with Gasteiger partial charge < -0.3 is 5.73 Å². The SMILES string of the molecule is CCCc1ncnc(C(=N)N)n1. The van der Waals surface area contributed by atoms with Gasteiger partial charge in [0.2, 0.25) is 0 Å². The number of nitrogens with zero attached hydrogens (tertiary/aromatic N) is 3. The molecule has 1 aromatic rings. The summed E-state index contributed by atoms with van der Waals surface area (Å²) in [5, 5.41) is 7.09. The van der Waals surface area contributed by atoms with Gasteiger partial charge in [0.25, 0.3) is 0 Å². The molecule has 12 heavy (non-hydrogen) atoms. The molecule has 0 atom stereocenters. The van der Waals surface area contributed by atoms with Crippen LogP contribution in [0.2, 0.25) is 0 Å². The number of amidine groups is 1. The number of nitrogens with two attached hydrogens (primary N) is 1. The lowest BCUT2D eigenvalue weighted by molar-refractivity contribution is 0.810. The fourth-order valence-corrected chi connectivity index (χ4v) is 0.804. The third kappa shape index (κ3) is 1.98. The maximum atomic E-state index is 7.09. The van der Waals surface area contributed by atoms with Crippen LogP contribution in [0.25, 0.3) is 0 Å². The minimum absolute atomic E-state index is 0.116. The van der Waals surface area contributed by atoms with Gasteiger partial charge in [0.05, 0.1) is 0 Å². The minimum Gasteiger partial charge on any atom is -0.381 e. The van der Waals surface area contributed by atoms with Crippen molar-refractivity contribution in [2.24, 2.45) is 5.73 Å². The molecule has 1 heterocycles. The summed E-state index contributed by atoms with van der Waals surface area (Å²) < 4.78 is 0. The largest absolute Gasteiger partial charge is 0.381 e. The van der Waals surface area contributed by atoms with E-state index in [1.807, 2.05) is 6.92 Å². The van der Waals surface area contributed by atoms with Crippen LogP contribution >= 0.6 is 0 Å². The van der Waals surface area contributed by atoms with Crippen LogP contribution in [0.4, 0.5) is 0 Å². The van der Waals surface area contributed by atoms with Gasteiger partial charge >= 0.3 is 0 Å². The molecule has 0 aliphatic heterocycles. The third-order valence-electron chi connectivity index (χ3n) is 1.34. The quantitative estimate of drug-likeness (QED) is 0.491. The summed E-state index contributed by atoms with van der Waals surface area (Å²) in [5.41, 5.74) is 5.21. The Labute approximate surface area is 70.6 Å². The summed E-state index contributed by atoms with van der Waals surface area (Å²) in [5.74, 6) is 0.834. The Morgan fingerprint density at radius 1 is 1.58 bits per heavy atom. The van der Waals surface area contributed by atoms with Crippen molar-refractivity contribution in [1.82, 2.24) is 15.0 Å². The van der Waals surface area contributed by atoms with E-state index < -0.39 is 0 Å². The molecule has 64 valence electrons. The molecule has 0 spiro atoms. The van der Waals surface area contributed by atoms with Gasteiger partial charge in [0.1, 0.15) is 12.2 Å². The summed E-state index contributed by atoms with van der Waals surface area (Å²) >= 11 is 0. The number of rotatable bonds is 3. The number of nitrogen functional groups attached to an aromatic ring is 1. The van der Waals surface area contributed by atoms with E-state index in [9.17, 15) is 0 Å². The van der Waals surface area contributed by atoms with Gasteiger partial charge in [-0.05, 0) is 6.42 Å². The molecule has 0 fully saturated rings. The molecule has 0 bridgehead atoms. The summed E-state index contributed by atoms with van der Waals surface area (Å²) in [7, 11) is 0. The number of hydrogen-bond acceptors (Lipinski definition) is 4. The zero-order valence-corrected chi connectivity index (χ0v) is 6.91. The van der Waals surface area contributed by atoms with Gasteiger partial charge in [-0.25, -0.2) is 15.0 Å². The second-order valence-corrected chi connectivity index (χ2v) is 2.39. The average Bonchev–Trinajstić information content (AvgIpc) is 2.05. The molecule has 1 rings (SSSR count). The van der Waals surface area contributed by atoms with Crippen LogP contribution in [-0.4, -0.2) is 20.8 Å². The van der Waals surface area contributed by atoms with Gasteiger partial charge in [-0.3, -0.25) is 5.41 Å². The first-order chi connectivity index (χ1) is 5.74. The molecular formula is C7H11N5. The van der Waals surface area contributed by atoms with E-state index in [0.717, 1.165) is 12.8 Å². The van der Waals surface area contributed by atoms with E-state index in [2.05, 4.69) is 15.0 Å². The molecule has 5 heteroatoms. The Morgan fingerprint density at radius 3 is 2.92 bits per heavy atom. The van der Waals surface area contributed by atoms with Crippen molar-refractivity contribution in [3.05, 3.63) is 18.0 Å². The minimum atomic E-state index is -0.116. The Hall–Kier alpha value is -1.52. The number of hydrogen-bond donors (Lipinski definition) is 2. The van der Waals surface area contributed by atoms with Crippen LogP contribution in [-0.2, 0) is 6.42 Å². The van der Waals surface area contributed by atoms with Crippen molar-refractivity contribution in [3.8, 4) is 0 Å². The topological polar surface area (TPSA) is 88.5 Å². The normalized spacial score (nSPS) is 9.75. The zero-order valence-electron chi connectivity index (χ0n) is 6.91. The summed E-state index contributed by atoms with van der Waals surface area (Å²) in [4.78, 5) is 11.7. The van der Waals surface area contributed by atoms with Crippen LogP contribution in [0.15, 0.2) is 6.33 Å². The number of nitrogens with one attached hydrogen (secondary N) is 1. The second-order valence-electron chi connectivity index (χ2n) is 2.39. The first kappa shape index (κ1) is 8.58. The maximum absolute atomic E-state index is 7.09. The third-order valence-corrected chi connectivity index (χ3v) is 1.34. The Kier molecular flexibility index (Phi) is 2.68. The zero-order chi connectivity index (χ0) is 8.97. The lowest BCUT2D eigenvalue weighted by Crippen LogP contribution is -2.16. The van der Waals surface area contributed by atoms with E-state index >= 15 is 0 Å². The van der Waals surface area contributed by atoms with Crippen LogP contribution in [0, 0.1) is 5.41 Å². The summed E-state index contributed by atoms with van der Waals surface area (Å²) in [6.07, 6.45) is 3.15. The number of aryl methyl sites for hydroxylation is 1. The predicted molar refractivity (Wildman–Crippen MR) is 44.8 cm³/mol. The lowest BCUT2D eigenvalue weighted by atomic mass is 10.3. The van der Waals surface area contributed by atoms with Gasteiger partial charge in [-0.15, -0.1) is 0 Å². The summed E-state index contributed by atoms with van der Waals surface area (Å²) in [6, 6.07) is 0. The fourth-order valence-electron chi connectivity index (χ4n) is 0.804. The van der Waals surface area contributed by atoms with E-state index in [-0.39, 0.29) is 11.7 Å². The number of aromatic nitrogens is 3. The van der Waals surface area contributed by atoms with Crippen molar-refractivity contribution >= 4 is 5.84 Å². The highest BCUT2D eigenvalue weighted by Crippen LogP contribution is 1.94. The molecule has 0 aliphatic carbocycles. The van der Waals surface area contributed by atoms with Gasteiger partial charge in [-0.1, -0.05) is 6.92 Å². The van der Waals surface area contributed by atoms with Crippen LogP contribution in [0.5, 0.6) is 0 Å². The molecule has 0 saturated heterocycles. The monoisotopic (exact) mass is 165 g/mol. The van der Waals surface area contributed by atoms with Crippen molar-refractivity contribution in [3.63, 3.8) is 0 Å². The van der Waals surface area contributed by atoms with Crippen molar-refractivity contribution < 1.29 is 0 Å². The first-order valence-corrected chi connectivity index (χ1v) is 3.76. The Balaban J connectivity index is 2.88. The average molecular weight is 165 g/mol. The highest BCUT2D eigenvalue weighted by Gasteiger charge is 2.01. The maximum Gasteiger partial charge on any atom is 0.197 e. The molecular weight excluding hydrogens is 154 g/mol. The first-order valence-electron chi connectivity index (χ1n) is 3.76. The second kappa shape index (κ2) is 3.75. The van der Waals surface area contributed by atoms with Crippen molar-refractivity contribution in [1.29, 1.82) is 5.41 Å². The molecule has 0 aromatic carbocycles. The van der Waals surface area contributed by atoms with E-state index in [0.29, 0.717) is 5.82 Å². The van der Waals surface area contributed by atoms with Gasteiger partial charge in [-0.2, -0.15) is 0 Å². The van der Waals surface area contributed by atoms with Crippen LogP contribution < -0.4 is 5.73 Å². The van der Waals surface area contributed by atoms with Crippen molar-refractivity contribution in [2.75, 3.05) is 0 Å². The molecule has 0 radical (unpaired) electrons. The lowest BCUT2D eigenvalue weighted by Gasteiger charge is -1.98. The Morgan fingerprint density at radius 2 is 2.33 bits per heavy atom. The van der Waals surface area contributed by atoms with Crippen molar-refractivity contribution in [2.45, 2.75) is 19.8 Å². The van der Waals surface area contributed by atoms with E-state index in [1.54, 1.807) is 0 Å². The van der Waals surface area contributed by atoms with E-state index in [1.165, 1.54) is 6.33 Å². The molecule has 0 amide bonds. The Bertz CT molecular complexity index is 283. The molecule has 0 aliphatic rings. The molecule has 0 saturated carbocycles. The molecule has 5 nitrogen and oxygen atoms in total. The summed E-state index contributed by atoms with van der Waals surface area (Å²) in [6.45, 7) is 2.04. The molecule has 3 N–H and O–H groups in total. The standard InChI is InChI=1S/C7H11N5/c1-2-3-5-10-4-11-7(12-5)6(8)9/h4H,2-3H2,1H3,(H3,8,9). The van der Waals surface area contributed by atoms with Crippen LogP contribution in [0.3, 0.4) is 0 Å². The molecule has 0 unspecified atom stereocenters. The predicted octanol–water partition coefficient (Wildman–Crippen LogP) is 0.108. The van der Waals surface area contributed by atoms with Crippen LogP contribution in [0.1, 0.15) is 25.0 Å². The fraction of sp³-hybridized carbons (Fsp3) is 0.429. The smallest absolute Gasteiger partial charge is 0.197 e. The highest BCUT2D eigenvalue weighted by atomic mass is 15.0.